The van der Waals surface area contributed by atoms with E-state index in [4.69, 9.17) is 17.3 Å². The molecule has 1 aliphatic heterocycles. The molecule has 23 heavy (non-hydrogen) atoms. The van der Waals surface area contributed by atoms with E-state index >= 15 is 0 Å². The average molecular weight is 360 g/mol. The lowest BCUT2D eigenvalue weighted by molar-refractivity contribution is -0.384. The average Bonchev–Trinajstić information content (AvgIpc) is 2.93. The van der Waals surface area contributed by atoms with Gasteiger partial charge in [-0.25, -0.2) is 8.42 Å². The fourth-order valence-corrected chi connectivity index (χ4v) is 5.67. The fraction of sp³-hybridized carbons (Fsp3) is 0.571. The topological polar surface area (TPSA) is 107 Å². The molecule has 1 saturated heterocycles. The highest BCUT2D eigenvalue weighted by atomic mass is 35.5. The third-order valence-electron chi connectivity index (χ3n) is 4.86. The van der Waals surface area contributed by atoms with Crippen LogP contribution in [-0.4, -0.2) is 36.8 Å². The highest BCUT2D eigenvalue weighted by Crippen LogP contribution is 2.39. The van der Waals surface area contributed by atoms with Gasteiger partial charge in [0.2, 0.25) is 10.0 Å². The van der Waals surface area contributed by atoms with E-state index in [-0.39, 0.29) is 33.5 Å². The third kappa shape index (κ3) is 2.96. The van der Waals surface area contributed by atoms with Crippen molar-refractivity contribution < 1.29 is 13.3 Å². The molecule has 7 nitrogen and oxygen atoms in total. The normalized spacial score (nSPS) is 28.5. The molecular formula is C14H18ClN3O4S. The zero-order valence-electron chi connectivity index (χ0n) is 12.4. The highest BCUT2D eigenvalue weighted by Gasteiger charge is 2.43. The van der Waals surface area contributed by atoms with Crippen LogP contribution in [-0.2, 0) is 10.0 Å². The Hall–Kier alpha value is -1.22. The summed E-state index contributed by atoms with van der Waals surface area (Å²) >= 11 is 5.98. The molecule has 0 aromatic heterocycles. The summed E-state index contributed by atoms with van der Waals surface area (Å²) in [6, 6.07) is 3.47. The van der Waals surface area contributed by atoms with Crippen molar-refractivity contribution in [2.45, 2.75) is 30.2 Å². The summed E-state index contributed by atoms with van der Waals surface area (Å²) in [4.78, 5) is 10.1. The van der Waals surface area contributed by atoms with E-state index in [1.54, 1.807) is 0 Å². The van der Waals surface area contributed by atoms with Crippen LogP contribution in [0.4, 0.5) is 5.69 Å². The van der Waals surface area contributed by atoms with Crippen LogP contribution >= 0.6 is 11.6 Å². The molecule has 0 bridgehead atoms. The molecule has 3 unspecified atom stereocenters. The predicted molar refractivity (Wildman–Crippen MR) is 85.7 cm³/mol. The van der Waals surface area contributed by atoms with Gasteiger partial charge in [-0.3, -0.25) is 10.1 Å². The maximum absolute atomic E-state index is 12.8. The van der Waals surface area contributed by atoms with Crippen LogP contribution in [0.2, 0.25) is 5.02 Å². The van der Waals surface area contributed by atoms with E-state index in [1.807, 2.05) is 0 Å². The first-order chi connectivity index (χ1) is 10.8. The number of halogens is 1. The van der Waals surface area contributed by atoms with Crippen molar-refractivity contribution in [2.75, 3.05) is 13.1 Å². The van der Waals surface area contributed by atoms with Crippen LogP contribution < -0.4 is 5.73 Å². The van der Waals surface area contributed by atoms with Gasteiger partial charge in [-0.1, -0.05) is 18.0 Å². The Morgan fingerprint density at radius 3 is 2.65 bits per heavy atom. The van der Waals surface area contributed by atoms with E-state index in [2.05, 4.69) is 0 Å². The number of nitrogens with zero attached hydrogens (tertiary/aromatic N) is 2. The van der Waals surface area contributed by atoms with Gasteiger partial charge in [-0.2, -0.15) is 4.31 Å². The molecule has 2 aliphatic rings. The van der Waals surface area contributed by atoms with Gasteiger partial charge in [0.05, 0.1) is 9.95 Å². The summed E-state index contributed by atoms with van der Waals surface area (Å²) < 4.78 is 27.1. The molecule has 0 radical (unpaired) electrons. The van der Waals surface area contributed by atoms with Gasteiger partial charge in [0.25, 0.3) is 5.69 Å². The Morgan fingerprint density at radius 1 is 1.30 bits per heavy atom. The van der Waals surface area contributed by atoms with Crippen LogP contribution in [0.15, 0.2) is 23.1 Å². The number of fused-ring (bicyclic) bond motifs is 1. The molecule has 2 fully saturated rings. The number of hydrogen-bond acceptors (Lipinski definition) is 5. The molecule has 1 aromatic rings. The van der Waals surface area contributed by atoms with Crippen molar-refractivity contribution in [3.05, 3.63) is 33.3 Å². The van der Waals surface area contributed by atoms with Gasteiger partial charge in [0.15, 0.2) is 0 Å². The Bertz CT molecular complexity index is 740. The van der Waals surface area contributed by atoms with Crippen molar-refractivity contribution in [3.8, 4) is 0 Å². The molecule has 9 heteroatoms. The molecule has 0 amide bonds. The van der Waals surface area contributed by atoms with Crippen molar-refractivity contribution in [3.63, 3.8) is 0 Å². The third-order valence-corrected chi connectivity index (χ3v) is 7.18. The monoisotopic (exact) mass is 359 g/mol. The van der Waals surface area contributed by atoms with E-state index in [9.17, 15) is 18.5 Å². The number of nitrogens with two attached hydrogens (primary N) is 1. The maximum Gasteiger partial charge on any atom is 0.271 e. The lowest BCUT2D eigenvalue weighted by atomic mass is 9.78. The first-order valence-corrected chi connectivity index (χ1v) is 9.32. The van der Waals surface area contributed by atoms with Crippen molar-refractivity contribution in [1.29, 1.82) is 0 Å². The minimum Gasteiger partial charge on any atom is -0.327 e. The van der Waals surface area contributed by atoms with Crippen LogP contribution in [0, 0.1) is 22.0 Å². The molecule has 1 aromatic carbocycles. The fourth-order valence-electron chi connectivity index (χ4n) is 3.62. The second-order valence-corrected chi connectivity index (χ2v) is 8.53. The second kappa shape index (κ2) is 6.01. The molecule has 3 atom stereocenters. The van der Waals surface area contributed by atoms with Gasteiger partial charge < -0.3 is 5.73 Å². The Morgan fingerprint density at radius 2 is 2.04 bits per heavy atom. The number of benzene rings is 1. The van der Waals surface area contributed by atoms with Gasteiger partial charge in [-0.05, 0) is 30.7 Å². The van der Waals surface area contributed by atoms with Crippen LogP contribution in [0.1, 0.15) is 19.3 Å². The summed E-state index contributed by atoms with van der Waals surface area (Å²) in [5, 5.41) is 10.6. The molecule has 1 heterocycles. The Kier molecular flexibility index (Phi) is 4.35. The Balaban J connectivity index is 1.89. The highest BCUT2D eigenvalue weighted by molar-refractivity contribution is 7.89. The van der Waals surface area contributed by atoms with E-state index in [1.165, 1.54) is 10.4 Å². The molecule has 126 valence electrons. The standard InChI is InChI=1S/C14H18ClN3O4S/c15-12-6-10(18(19)20)4-5-14(12)23(21,22)17-7-9-2-1-3-13(16)11(9)8-17/h4-6,9,11,13H,1-3,7-8,16H2. The van der Waals surface area contributed by atoms with E-state index in [0.29, 0.717) is 13.1 Å². The van der Waals surface area contributed by atoms with Crippen molar-refractivity contribution in [1.82, 2.24) is 4.31 Å². The molecule has 0 spiro atoms. The lowest BCUT2D eigenvalue weighted by Gasteiger charge is -2.29. The summed E-state index contributed by atoms with van der Waals surface area (Å²) in [7, 11) is -3.77. The first kappa shape index (κ1) is 16.6. The number of nitro groups is 1. The van der Waals surface area contributed by atoms with Crippen LogP contribution in [0.3, 0.4) is 0 Å². The van der Waals surface area contributed by atoms with Gasteiger partial charge in [-0.15, -0.1) is 0 Å². The zero-order chi connectivity index (χ0) is 16.8. The van der Waals surface area contributed by atoms with Crippen molar-refractivity contribution in [2.24, 2.45) is 17.6 Å². The summed E-state index contributed by atoms with van der Waals surface area (Å²) in [6.07, 6.45) is 2.93. The zero-order valence-corrected chi connectivity index (χ0v) is 14.0. The summed E-state index contributed by atoms with van der Waals surface area (Å²) in [6.45, 7) is 0.829. The van der Waals surface area contributed by atoms with Crippen molar-refractivity contribution >= 4 is 27.3 Å². The van der Waals surface area contributed by atoms with E-state index < -0.39 is 14.9 Å². The lowest BCUT2D eigenvalue weighted by Crippen LogP contribution is -2.38. The minimum atomic E-state index is -3.77. The molecule has 1 aliphatic carbocycles. The number of non-ortho nitro benzene ring substituents is 1. The number of hydrogen-bond donors (Lipinski definition) is 1. The maximum atomic E-state index is 12.8. The number of nitro benzene ring substituents is 1. The number of rotatable bonds is 3. The van der Waals surface area contributed by atoms with Gasteiger partial charge in [0, 0.05) is 31.3 Å². The summed E-state index contributed by atoms with van der Waals surface area (Å²) in [5.74, 6) is 0.459. The predicted octanol–water partition coefficient (Wildman–Crippen LogP) is 2.00. The first-order valence-electron chi connectivity index (χ1n) is 7.50. The Labute approximate surface area is 139 Å². The van der Waals surface area contributed by atoms with Crippen LogP contribution in [0.5, 0.6) is 0 Å². The second-order valence-electron chi connectivity index (χ2n) is 6.21. The molecule has 3 rings (SSSR count). The summed E-state index contributed by atoms with van der Waals surface area (Å²) in [5.41, 5.74) is 5.89. The van der Waals surface area contributed by atoms with Crippen LogP contribution in [0.25, 0.3) is 0 Å². The smallest absolute Gasteiger partial charge is 0.271 e. The quantitative estimate of drug-likeness (QED) is 0.656. The van der Waals surface area contributed by atoms with Gasteiger partial charge >= 0.3 is 0 Å². The largest absolute Gasteiger partial charge is 0.327 e. The molecule has 2 N–H and O–H groups in total. The van der Waals surface area contributed by atoms with Gasteiger partial charge in [0.1, 0.15) is 4.90 Å². The molecular weight excluding hydrogens is 342 g/mol. The minimum absolute atomic E-state index is 0.0290. The molecule has 1 saturated carbocycles. The SMILES string of the molecule is NC1CCCC2CN(S(=O)(=O)c3ccc([N+](=O)[O-])cc3Cl)CC12. The van der Waals surface area contributed by atoms with E-state index in [0.717, 1.165) is 31.4 Å². The number of sulfonamides is 1.